The number of halogens is 1. The quantitative estimate of drug-likeness (QED) is 0.761. The van der Waals surface area contributed by atoms with Gasteiger partial charge in [-0.15, -0.1) is 0 Å². The third kappa shape index (κ3) is 4.18. The van der Waals surface area contributed by atoms with Crippen molar-refractivity contribution < 1.29 is 13.2 Å². The first-order chi connectivity index (χ1) is 9.92. The Hall–Kier alpha value is -1.12. The fraction of sp³-hybridized carbons (Fsp3) is 0.200. The van der Waals surface area contributed by atoms with Gasteiger partial charge < -0.3 is 4.74 Å². The predicted molar refractivity (Wildman–Crippen MR) is 90.9 cm³/mol. The molecule has 4 nitrogen and oxygen atoms in total. The van der Waals surface area contributed by atoms with Crippen molar-refractivity contribution in [1.82, 2.24) is 4.72 Å². The van der Waals surface area contributed by atoms with Crippen LogP contribution in [-0.2, 0) is 16.6 Å². The number of nitrogens with one attached hydrogen (secondary N) is 1. The summed E-state index contributed by atoms with van der Waals surface area (Å²) in [5.41, 5.74) is 2.03. The second kappa shape index (κ2) is 6.76. The Morgan fingerprint density at radius 2 is 1.95 bits per heavy atom. The van der Waals surface area contributed by atoms with Crippen LogP contribution in [0.15, 0.2) is 47.4 Å². The van der Waals surface area contributed by atoms with Crippen LogP contribution in [0.5, 0.6) is 5.75 Å². The molecule has 2 aromatic rings. The number of rotatable bonds is 5. The van der Waals surface area contributed by atoms with E-state index in [2.05, 4.69) is 27.3 Å². The highest BCUT2D eigenvalue weighted by Gasteiger charge is 2.15. The number of hydrogen-bond donors (Lipinski definition) is 1. The molecule has 0 saturated heterocycles. The van der Waals surface area contributed by atoms with Crippen molar-refractivity contribution in [3.8, 4) is 5.75 Å². The first kappa shape index (κ1) is 16.3. The van der Waals surface area contributed by atoms with Crippen LogP contribution in [0.3, 0.4) is 0 Å². The zero-order valence-electron chi connectivity index (χ0n) is 11.8. The molecule has 0 aliphatic rings. The van der Waals surface area contributed by atoms with Gasteiger partial charge in [0, 0.05) is 6.54 Å². The summed E-state index contributed by atoms with van der Waals surface area (Å²) in [4.78, 5) is 0.236. The van der Waals surface area contributed by atoms with Gasteiger partial charge >= 0.3 is 0 Å². The van der Waals surface area contributed by atoms with E-state index >= 15 is 0 Å². The third-order valence-corrected chi connectivity index (χ3v) is 5.22. The van der Waals surface area contributed by atoms with Gasteiger partial charge in [0.05, 0.1) is 15.6 Å². The molecule has 112 valence electrons. The lowest BCUT2D eigenvalue weighted by Crippen LogP contribution is -2.23. The van der Waals surface area contributed by atoms with Gasteiger partial charge in [0.25, 0.3) is 0 Å². The second-order valence-corrected chi connectivity index (χ2v) is 7.54. The number of aryl methyl sites for hydroxylation is 1. The average molecular weight is 417 g/mol. The minimum absolute atomic E-state index is 0.236. The molecule has 6 heteroatoms. The van der Waals surface area contributed by atoms with Gasteiger partial charge in [-0.05, 0) is 53.3 Å². The number of methoxy groups -OCH3 is 1. The largest absolute Gasteiger partial charge is 0.496 e. The summed E-state index contributed by atoms with van der Waals surface area (Å²) in [7, 11) is -1.97. The SMILES string of the molecule is COc1ccc(S(=O)(=O)NCc2cccc(C)c2)cc1I. The van der Waals surface area contributed by atoms with Crippen LogP contribution >= 0.6 is 22.6 Å². The second-order valence-electron chi connectivity index (χ2n) is 4.61. The van der Waals surface area contributed by atoms with Crippen LogP contribution in [0.1, 0.15) is 11.1 Å². The van der Waals surface area contributed by atoms with Crippen molar-refractivity contribution in [2.24, 2.45) is 0 Å². The molecule has 0 aliphatic carbocycles. The molecule has 0 radical (unpaired) electrons. The zero-order valence-corrected chi connectivity index (χ0v) is 14.7. The van der Waals surface area contributed by atoms with Crippen LogP contribution in [0.25, 0.3) is 0 Å². The van der Waals surface area contributed by atoms with E-state index in [0.29, 0.717) is 5.75 Å². The summed E-state index contributed by atoms with van der Waals surface area (Å²) in [6, 6.07) is 12.5. The van der Waals surface area contributed by atoms with Crippen LogP contribution in [0.2, 0.25) is 0 Å². The zero-order chi connectivity index (χ0) is 15.5. The summed E-state index contributed by atoms with van der Waals surface area (Å²) in [5.74, 6) is 0.660. The van der Waals surface area contributed by atoms with E-state index in [0.717, 1.165) is 14.7 Å². The summed E-state index contributed by atoms with van der Waals surface area (Å²) < 4.78 is 33.1. The van der Waals surface area contributed by atoms with Gasteiger partial charge in [-0.2, -0.15) is 0 Å². The lowest BCUT2D eigenvalue weighted by atomic mass is 10.1. The van der Waals surface area contributed by atoms with Gasteiger partial charge in [-0.1, -0.05) is 29.8 Å². The molecule has 0 aromatic heterocycles. The minimum Gasteiger partial charge on any atom is -0.496 e. The molecule has 0 heterocycles. The standard InChI is InChI=1S/C15H16INO3S/c1-11-4-3-5-12(8-11)10-17-21(18,19)13-6-7-15(20-2)14(16)9-13/h3-9,17H,10H2,1-2H3. The molecule has 0 unspecified atom stereocenters. The average Bonchev–Trinajstić information content (AvgIpc) is 2.45. The molecule has 21 heavy (non-hydrogen) atoms. The van der Waals surface area contributed by atoms with E-state index in [1.807, 2.05) is 31.2 Å². The van der Waals surface area contributed by atoms with E-state index in [-0.39, 0.29) is 11.4 Å². The highest BCUT2D eigenvalue weighted by molar-refractivity contribution is 14.1. The smallest absolute Gasteiger partial charge is 0.240 e. The highest BCUT2D eigenvalue weighted by Crippen LogP contribution is 2.23. The van der Waals surface area contributed by atoms with Gasteiger partial charge in [0.15, 0.2) is 0 Å². The van der Waals surface area contributed by atoms with Crippen LogP contribution < -0.4 is 9.46 Å². The van der Waals surface area contributed by atoms with Gasteiger partial charge in [-0.25, -0.2) is 13.1 Å². The van der Waals surface area contributed by atoms with Crippen LogP contribution in [-0.4, -0.2) is 15.5 Å². The molecule has 0 aliphatic heterocycles. The molecule has 0 saturated carbocycles. The molecule has 2 rings (SSSR count). The Morgan fingerprint density at radius 1 is 1.19 bits per heavy atom. The molecule has 2 aromatic carbocycles. The van der Waals surface area contributed by atoms with Crippen LogP contribution in [0.4, 0.5) is 0 Å². The third-order valence-electron chi connectivity index (χ3n) is 2.98. The monoisotopic (exact) mass is 417 g/mol. The lowest BCUT2D eigenvalue weighted by Gasteiger charge is -2.09. The topological polar surface area (TPSA) is 55.4 Å². The lowest BCUT2D eigenvalue weighted by molar-refractivity contribution is 0.411. The molecule has 0 fully saturated rings. The molecule has 0 amide bonds. The van der Waals surface area contributed by atoms with E-state index < -0.39 is 10.0 Å². The van der Waals surface area contributed by atoms with Crippen LogP contribution in [0, 0.1) is 10.5 Å². The minimum atomic E-state index is -3.53. The number of hydrogen-bond acceptors (Lipinski definition) is 3. The summed E-state index contributed by atoms with van der Waals surface area (Å²) in [6.45, 7) is 2.25. The van der Waals surface area contributed by atoms with Crippen molar-refractivity contribution in [3.05, 3.63) is 57.2 Å². The van der Waals surface area contributed by atoms with E-state index in [4.69, 9.17) is 4.74 Å². The normalized spacial score (nSPS) is 11.4. The maximum absolute atomic E-state index is 12.3. The fourth-order valence-corrected chi connectivity index (χ4v) is 3.89. The molecular formula is C15H16INO3S. The van der Waals surface area contributed by atoms with Crippen molar-refractivity contribution >= 4 is 32.6 Å². The summed E-state index contributed by atoms with van der Waals surface area (Å²) in [6.07, 6.45) is 0. The van der Waals surface area contributed by atoms with Gasteiger partial charge in [-0.3, -0.25) is 0 Å². The Bertz CT molecular complexity index is 744. The Labute approximate surface area is 138 Å². The van der Waals surface area contributed by atoms with E-state index in [1.165, 1.54) is 0 Å². The molecule has 0 atom stereocenters. The van der Waals surface area contributed by atoms with E-state index in [9.17, 15) is 8.42 Å². The van der Waals surface area contributed by atoms with Crippen molar-refractivity contribution in [3.63, 3.8) is 0 Å². The maximum atomic E-state index is 12.3. The Balaban J connectivity index is 2.17. The molecular weight excluding hydrogens is 401 g/mol. The van der Waals surface area contributed by atoms with Crippen molar-refractivity contribution in [1.29, 1.82) is 0 Å². The Morgan fingerprint density at radius 3 is 2.57 bits per heavy atom. The number of sulfonamides is 1. The fourth-order valence-electron chi connectivity index (χ4n) is 1.90. The first-order valence-electron chi connectivity index (χ1n) is 6.31. The molecule has 1 N–H and O–H groups in total. The summed E-state index contributed by atoms with van der Waals surface area (Å²) >= 11 is 2.05. The molecule has 0 spiro atoms. The number of ether oxygens (including phenoxy) is 1. The van der Waals surface area contributed by atoms with Gasteiger partial charge in [0.2, 0.25) is 10.0 Å². The predicted octanol–water partition coefficient (Wildman–Crippen LogP) is 3.09. The first-order valence-corrected chi connectivity index (χ1v) is 8.87. The van der Waals surface area contributed by atoms with Crippen molar-refractivity contribution in [2.45, 2.75) is 18.4 Å². The van der Waals surface area contributed by atoms with Crippen molar-refractivity contribution in [2.75, 3.05) is 7.11 Å². The summed E-state index contributed by atoms with van der Waals surface area (Å²) in [5, 5.41) is 0. The molecule has 0 bridgehead atoms. The van der Waals surface area contributed by atoms with Gasteiger partial charge in [0.1, 0.15) is 5.75 Å². The maximum Gasteiger partial charge on any atom is 0.240 e. The highest BCUT2D eigenvalue weighted by atomic mass is 127. The number of benzene rings is 2. The Kier molecular flexibility index (Phi) is 5.23. The van der Waals surface area contributed by atoms with E-state index in [1.54, 1.807) is 25.3 Å².